The normalized spacial score (nSPS) is 0. The zero-order valence-electron chi connectivity index (χ0n) is 2.10. The first-order chi connectivity index (χ1) is 0. The van der Waals surface area contributed by atoms with Gasteiger partial charge in [-0.05, 0) is 0 Å². The van der Waals surface area contributed by atoms with E-state index in [-0.39, 0.29) is 51.8 Å². The van der Waals surface area contributed by atoms with Crippen molar-refractivity contribution in [3.8, 4) is 0 Å². The van der Waals surface area contributed by atoms with Crippen molar-refractivity contribution in [1.82, 2.24) is 0 Å². The van der Waals surface area contributed by atoms with Crippen molar-refractivity contribution in [2.45, 2.75) is 0 Å². The summed E-state index contributed by atoms with van der Waals surface area (Å²) in [6.07, 6.45) is 0. The summed E-state index contributed by atoms with van der Waals surface area (Å²) < 4.78 is 0. The van der Waals surface area contributed by atoms with Crippen LogP contribution in [0.15, 0.2) is 0 Å². The number of rotatable bonds is 0. The van der Waals surface area contributed by atoms with Gasteiger partial charge in [-0.2, -0.15) is 0 Å². The summed E-state index contributed by atoms with van der Waals surface area (Å²) in [5.41, 5.74) is 0. The Morgan fingerprint density at radius 3 is 1.00 bits per heavy atom. The molecule has 0 aromatic rings. The topological polar surface area (TPSA) is 30.5 Å². The van der Waals surface area contributed by atoms with Crippen LogP contribution >= 0.6 is 0 Å². The fraction of sp³-hybridized carbons (Fsp3) is 0. The zero-order valence-corrected chi connectivity index (χ0v) is 5.41. The summed E-state index contributed by atoms with van der Waals surface area (Å²) in [4.78, 5) is 0. The molecule has 0 aromatic carbocycles. The summed E-state index contributed by atoms with van der Waals surface area (Å²) in [6, 6.07) is 0. The van der Waals surface area contributed by atoms with Crippen LogP contribution < -0.4 is 0 Å². The molecule has 0 rings (SSSR count). The zero-order chi connectivity index (χ0) is 0. The Labute approximate surface area is 52.0 Å². The number of hydrogen-bond donors (Lipinski definition) is 0. The van der Waals surface area contributed by atoms with Crippen molar-refractivity contribution in [3.05, 3.63) is 6.15 Å². The third-order valence-electron chi connectivity index (χ3n) is 0. The molecule has 0 aromatic heterocycles. The molecule has 1 nitrogen and oxygen atoms in total. The summed E-state index contributed by atoms with van der Waals surface area (Å²) in [7, 11) is 0. The molecule has 0 amide bonds. The molecule has 0 aliphatic heterocycles. The van der Waals surface area contributed by atoms with Gasteiger partial charge in [-0.15, -0.1) is 0 Å². The fourth-order valence-electron chi connectivity index (χ4n) is 0. The van der Waals surface area contributed by atoms with Crippen LogP contribution in [0.25, 0.3) is 6.15 Å². The number of nitrogens with zero attached hydrogens (tertiary/aromatic N) is 1. The molecule has 7 radical (unpaired) electrons. The van der Waals surface area contributed by atoms with Gasteiger partial charge in [0, 0.05) is 28.3 Å². The molecule has 0 spiro atoms. The van der Waals surface area contributed by atoms with Gasteiger partial charge >= 0.3 is 17.4 Å². The maximum Gasteiger partial charge on any atom is 3.00 e. The largest absolute Gasteiger partial charge is 3.00 e. The SMILES string of the molecule is [Al+3].[Al].[N-3].[Si]. The minimum absolute atomic E-state index is 0. The Kier molecular flexibility index (Phi) is 442. The van der Waals surface area contributed by atoms with Gasteiger partial charge in [0.25, 0.3) is 0 Å². The van der Waals surface area contributed by atoms with Crippen LogP contribution in [0.3, 0.4) is 0 Å². The molecule has 0 aliphatic carbocycles. The van der Waals surface area contributed by atoms with E-state index in [2.05, 4.69) is 0 Å². The van der Waals surface area contributed by atoms with Gasteiger partial charge < -0.3 is 6.15 Å². The monoisotopic (exact) mass is 95.9 g/mol. The second-order valence-electron chi connectivity index (χ2n) is 0. The summed E-state index contributed by atoms with van der Waals surface area (Å²) >= 11 is 0. The van der Waals surface area contributed by atoms with Crippen LogP contribution in [0.2, 0.25) is 0 Å². The van der Waals surface area contributed by atoms with E-state index in [0.717, 1.165) is 0 Å². The third-order valence-corrected chi connectivity index (χ3v) is 0. The summed E-state index contributed by atoms with van der Waals surface area (Å²) in [5, 5.41) is 0. The predicted octanol–water partition coefficient (Wildman–Crippen LogP) is -0.854. The minimum Gasteiger partial charge on any atom is -3.00 e. The summed E-state index contributed by atoms with van der Waals surface area (Å²) in [5.74, 6) is 0. The molecule has 0 aliphatic rings. The smallest absolute Gasteiger partial charge is 3.00 e. The van der Waals surface area contributed by atoms with Crippen molar-refractivity contribution < 1.29 is 0 Å². The average molecular weight is 96.1 g/mol. The Morgan fingerprint density at radius 2 is 1.00 bits per heavy atom. The van der Waals surface area contributed by atoms with E-state index in [9.17, 15) is 0 Å². The standard InChI is InChI=1S/2Al.N.Si/q;+3;-3;. The molecule has 0 atom stereocenters. The van der Waals surface area contributed by atoms with E-state index in [1.807, 2.05) is 0 Å². The molecule has 4 heteroatoms. The fourth-order valence-corrected chi connectivity index (χ4v) is 0. The van der Waals surface area contributed by atoms with E-state index >= 15 is 0 Å². The molecular formula is Al2NSi. The molecule has 15 valence electrons. The van der Waals surface area contributed by atoms with E-state index in [4.69, 9.17) is 0 Å². The third kappa shape index (κ3) is 10.6. The van der Waals surface area contributed by atoms with E-state index in [1.54, 1.807) is 0 Å². The maximum absolute atomic E-state index is 0. The molecule has 0 N–H and O–H groups in total. The first kappa shape index (κ1) is 61.2. The number of hydrogen-bond acceptors (Lipinski definition) is 0. The Bertz CT molecular complexity index is 6.00. The molecule has 0 saturated carbocycles. The molecule has 0 heterocycles. The van der Waals surface area contributed by atoms with Crippen LogP contribution in [0.1, 0.15) is 0 Å². The van der Waals surface area contributed by atoms with Gasteiger partial charge in [0.2, 0.25) is 0 Å². The van der Waals surface area contributed by atoms with Gasteiger partial charge in [0.1, 0.15) is 0 Å². The Hall–Kier alpha value is 1.24. The van der Waals surface area contributed by atoms with Gasteiger partial charge in [-0.25, -0.2) is 0 Å². The molecule has 0 bridgehead atoms. The molecule has 4 heavy (non-hydrogen) atoms. The van der Waals surface area contributed by atoms with Crippen LogP contribution in [0.5, 0.6) is 0 Å². The molecule has 0 fully saturated rings. The van der Waals surface area contributed by atoms with E-state index < -0.39 is 0 Å². The minimum atomic E-state index is 0. The molecule has 0 saturated heterocycles. The van der Waals surface area contributed by atoms with Crippen molar-refractivity contribution in [2.75, 3.05) is 0 Å². The van der Waals surface area contributed by atoms with Crippen LogP contribution in [-0.2, 0) is 0 Å². The van der Waals surface area contributed by atoms with Crippen molar-refractivity contribution >= 4 is 45.7 Å². The first-order valence-electron chi connectivity index (χ1n) is 0. The predicted molar refractivity (Wildman–Crippen MR) is 20.6 cm³/mol. The van der Waals surface area contributed by atoms with Crippen LogP contribution in [0.4, 0.5) is 0 Å². The summed E-state index contributed by atoms with van der Waals surface area (Å²) in [6.45, 7) is 0. The Morgan fingerprint density at radius 1 is 1.00 bits per heavy atom. The first-order valence-corrected chi connectivity index (χ1v) is 0. The van der Waals surface area contributed by atoms with Crippen molar-refractivity contribution in [1.29, 1.82) is 0 Å². The maximum atomic E-state index is 0. The van der Waals surface area contributed by atoms with Crippen LogP contribution in [-0.4, -0.2) is 45.7 Å². The Balaban J connectivity index is 0. The molecular weight excluding hydrogens is 96.1 g/mol. The average Bonchev–Trinajstić information content (AvgIpc) is 0. The van der Waals surface area contributed by atoms with Gasteiger partial charge in [-0.3, -0.25) is 0 Å². The van der Waals surface area contributed by atoms with Crippen molar-refractivity contribution in [2.24, 2.45) is 0 Å². The quantitative estimate of drug-likeness (QED) is 0.351. The van der Waals surface area contributed by atoms with Gasteiger partial charge in [-0.1, -0.05) is 0 Å². The van der Waals surface area contributed by atoms with Crippen molar-refractivity contribution in [3.63, 3.8) is 0 Å². The van der Waals surface area contributed by atoms with Gasteiger partial charge in [0.05, 0.1) is 0 Å². The van der Waals surface area contributed by atoms with E-state index in [0.29, 0.717) is 0 Å². The second kappa shape index (κ2) is 28.9. The van der Waals surface area contributed by atoms with Gasteiger partial charge in [0.15, 0.2) is 0 Å². The molecule has 0 unspecified atom stereocenters. The van der Waals surface area contributed by atoms with Crippen LogP contribution in [0, 0.1) is 0 Å². The van der Waals surface area contributed by atoms with E-state index in [1.165, 1.54) is 0 Å². The second-order valence-corrected chi connectivity index (χ2v) is 0.